The van der Waals surface area contributed by atoms with Crippen molar-refractivity contribution in [3.8, 4) is 22.4 Å². The first-order valence-corrected chi connectivity index (χ1v) is 15.6. The summed E-state index contributed by atoms with van der Waals surface area (Å²) in [6, 6.07) is 10.4. The van der Waals surface area contributed by atoms with E-state index in [0.29, 0.717) is 34.3 Å². The van der Waals surface area contributed by atoms with Crippen LogP contribution in [0, 0.1) is 5.41 Å². The number of carbonyl (C=O) groups is 2. The highest BCUT2D eigenvalue weighted by Gasteiger charge is 2.29. The van der Waals surface area contributed by atoms with Gasteiger partial charge in [0.05, 0.1) is 41.2 Å². The zero-order valence-electron chi connectivity index (χ0n) is 25.0. The lowest BCUT2D eigenvalue weighted by Gasteiger charge is -2.23. The van der Waals surface area contributed by atoms with E-state index in [4.69, 9.17) is 32.8 Å². The summed E-state index contributed by atoms with van der Waals surface area (Å²) in [6.07, 6.45) is 3.05. The molecular formula is C29H34ClN7O5S3. The van der Waals surface area contributed by atoms with Gasteiger partial charge < -0.3 is 23.3 Å². The van der Waals surface area contributed by atoms with Crippen LogP contribution < -0.4 is 21.5 Å². The number of fused-ring (bicyclic) bond motifs is 1. The van der Waals surface area contributed by atoms with E-state index in [1.165, 1.54) is 11.3 Å². The lowest BCUT2D eigenvalue weighted by molar-refractivity contribution is -0.161. The molecule has 45 heavy (non-hydrogen) atoms. The third kappa shape index (κ3) is 7.74. The third-order valence-electron chi connectivity index (χ3n) is 6.97. The number of halogens is 1. The molecule has 4 heterocycles. The lowest BCUT2D eigenvalue weighted by atomic mass is 9.98. The number of carbonyl (C=O) groups excluding carboxylic acids is 2. The van der Waals surface area contributed by atoms with Crippen LogP contribution in [0.3, 0.4) is 0 Å². The first-order chi connectivity index (χ1) is 20.8. The van der Waals surface area contributed by atoms with Crippen molar-refractivity contribution < 1.29 is 19.1 Å². The van der Waals surface area contributed by atoms with E-state index in [1.807, 2.05) is 30.6 Å². The van der Waals surface area contributed by atoms with Crippen LogP contribution in [0.25, 0.3) is 22.4 Å². The van der Waals surface area contributed by atoms with Gasteiger partial charge in [0.25, 0.3) is 5.56 Å². The van der Waals surface area contributed by atoms with Gasteiger partial charge in [-0.3, -0.25) is 9.59 Å². The Bertz CT molecular complexity index is 1770. The van der Waals surface area contributed by atoms with Gasteiger partial charge in [-0.25, -0.2) is 21.5 Å². The largest absolute Gasteiger partial charge is 0.427 e. The van der Waals surface area contributed by atoms with E-state index in [-0.39, 0.29) is 25.1 Å². The van der Waals surface area contributed by atoms with Crippen molar-refractivity contribution in [3.63, 3.8) is 0 Å². The molecule has 4 aromatic rings. The number of nitrogens with one attached hydrogen (secondary N) is 1. The van der Waals surface area contributed by atoms with Gasteiger partial charge in [-0.2, -0.15) is 13.5 Å². The van der Waals surface area contributed by atoms with Gasteiger partial charge in [0.1, 0.15) is 10.7 Å². The van der Waals surface area contributed by atoms with E-state index < -0.39 is 24.1 Å². The number of nitrogens with zero attached hydrogens (tertiary/aromatic N) is 4. The summed E-state index contributed by atoms with van der Waals surface area (Å²) in [5, 5.41) is 2.35. The summed E-state index contributed by atoms with van der Waals surface area (Å²) < 4.78 is 14.7. The Hall–Kier alpha value is -3.31. The molecule has 5 rings (SSSR count). The van der Waals surface area contributed by atoms with E-state index in [9.17, 15) is 14.4 Å². The highest BCUT2D eigenvalue weighted by molar-refractivity contribution is 7.98. The second-order valence-corrected chi connectivity index (χ2v) is 13.7. The molecule has 1 aliphatic heterocycles. The molecule has 0 bridgehead atoms. The number of hydrazine groups is 2. The van der Waals surface area contributed by atoms with E-state index in [2.05, 4.69) is 9.97 Å². The Labute approximate surface area is 280 Å². The Balaban J connectivity index is 0.00000461. The average Bonchev–Trinajstić information content (AvgIpc) is 3.71. The van der Waals surface area contributed by atoms with E-state index >= 15 is 0 Å². The summed E-state index contributed by atoms with van der Waals surface area (Å²) in [4.78, 5) is 46.1. The number of anilines is 1. The van der Waals surface area contributed by atoms with Crippen molar-refractivity contribution in [2.75, 3.05) is 18.1 Å². The third-order valence-corrected chi connectivity index (χ3v) is 8.75. The zero-order chi connectivity index (χ0) is 31.8. The number of H-pyrrole nitrogens is 1. The summed E-state index contributed by atoms with van der Waals surface area (Å²) in [7, 11) is 1.82. The Morgan fingerprint density at radius 1 is 1.18 bits per heavy atom. The molecule has 0 aliphatic carbocycles. The maximum absolute atomic E-state index is 13.5. The molecule has 1 atom stereocenters. The summed E-state index contributed by atoms with van der Waals surface area (Å²) in [6.45, 7) is 4.69. The smallest absolute Gasteiger partial charge is 0.351 e. The molecule has 1 aromatic carbocycles. The van der Waals surface area contributed by atoms with Crippen molar-refractivity contribution in [2.45, 2.75) is 39.7 Å². The van der Waals surface area contributed by atoms with Crippen LogP contribution in [0.1, 0.15) is 54.4 Å². The fraction of sp³-hybridized carbons (Fsp3) is 0.310. The summed E-state index contributed by atoms with van der Waals surface area (Å²) in [5.74, 6) is 10.8. The number of thiophene rings is 1. The normalized spacial score (nSPS) is 14.2. The minimum absolute atomic E-state index is 0. The minimum atomic E-state index is -0.692. The van der Waals surface area contributed by atoms with Crippen molar-refractivity contribution in [3.05, 3.63) is 79.7 Å². The molecule has 0 saturated heterocycles. The van der Waals surface area contributed by atoms with Crippen LogP contribution in [-0.2, 0) is 20.7 Å². The van der Waals surface area contributed by atoms with Gasteiger partial charge in [0, 0.05) is 40.3 Å². The lowest BCUT2D eigenvalue weighted by Crippen LogP contribution is -2.34. The second kappa shape index (κ2) is 14.0. The fourth-order valence-electron chi connectivity index (χ4n) is 4.87. The van der Waals surface area contributed by atoms with Gasteiger partial charge >= 0.3 is 11.9 Å². The van der Waals surface area contributed by atoms with Crippen LogP contribution in [0.5, 0.6) is 0 Å². The van der Waals surface area contributed by atoms with Crippen molar-refractivity contribution >= 4 is 66.2 Å². The Kier molecular flexibility index (Phi) is 10.7. The number of ether oxygens (including phenoxy) is 2. The van der Waals surface area contributed by atoms with Crippen molar-refractivity contribution in [2.24, 2.45) is 17.1 Å². The topological polar surface area (TPSA) is 162 Å². The van der Waals surface area contributed by atoms with Gasteiger partial charge in [-0.1, -0.05) is 11.6 Å². The molecule has 0 spiro atoms. The Morgan fingerprint density at radius 2 is 1.93 bits per heavy atom. The van der Waals surface area contributed by atoms with Crippen LogP contribution in [0.2, 0.25) is 5.02 Å². The average molecular weight is 692 g/mol. The van der Waals surface area contributed by atoms with Crippen molar-refractivity contribution in [1.82, 2.24) is 19.1 Å². The number of aromatic nitrogens is 3. The summed E-state index contributed by atoms with van der Waals surface area (Å²) >= 11 is 8.64. The molecule has 16 heteroatoms. The number of hydrogen-bond donors (Lipinski definition) is 3. The molecule has 0 unspecified atom stereocenters. The van der Waals surface area contributed by atoms with Crippen LogP contribution in [0.15, 0.2) is 52.8 Å². The molecule has 0 radical (unpaired) electrons. The van der Waals surface area contributed by atoms with Crippen LogP contribution >= 0.6 is 48.6 Å². The molecule has 5 N–H and O–H groups in total. The quantitative estimate of drug-likeness (QED) is 0.0710. The van der Waals surface area contributed by atoms with Crippen molar-refractivity contribution in [1.29, 1.82) is 0 Å². The number of benzene rings is 1. The van der Waals surface area contributed by atoms with Crippen LogP contribution in [-0.4, -0.2) is 44.8 Å². The number of imidazole rings is 1. The molecular weight excluding hydrogens is 658 g/mol. The number of rotatable bonds is 9. The van der Waals surface area contributed by atoms with Gasteiger partial charge in [0.2, 0.25) is 6.79 Å². The number of pyridine rings is 1. The standard InChI is InChI=1S/C29H32ClN7O5S2.H2S/c1-29(2,3)28(40)42-15-41-27(39)24-10-17(14-43-24)21-13-33-26(34-21)23-8-6-19-9-16(11-25(38)36(19)23)20-12-18(30)5-7-22(20)35(4)44-37(31)32;/h5,7,9-14,23H,6,8,15,31-32H2,1-4H3,(H,33,34);1H2/t23-;/m0./s1. The minimum Gasteiger partial charge on any atom is -0.427 e. The molecule has 3 aromatic heterocycles. The maximum atomic E-state index is 13.5. The van der Waals surface area contributed by atoms with Gasteiger partial charge in [-0.15, -0.1) is 15.9 Å². The van der Waals surface area contributed by atoms with Crippen LogP contribution in [0.4, 0.5) is 5.69 Å². The molecule has 0 amide bonds. The fourth-order valence-corrected chi connectivity index (χ4v) is 6.37. The number of hydrogen-bond acceptors (Lipinski definition) is 12. The predicted molar refractivity (Wildman–Crippen MR) is 182 cm³/mol. The highest BCUT2D eigenvalue weighted by atomic mass is 35.5. The van der Waals surface area contributed by atoms with E-state index in [0.717, 1.165) is 44.7 Å². The maximum Gasteiger partial charge on any atom is 0.351 e. The van der Waals surface area contributed by atoms with Gasteiger partial charge in [0.15, 0.2) is 0 Å². The molecule has 0 fully saturated rings. The monoisotopic (exact) mass is 691 g/mol. The number of aromatic amines is 1. The first kappa shape index (κ1) is 34.6. The van der Waals surface area contributed by atoms with Gasteiger partial charge in [-0.05, 0) is 69.5 Å². The zero-order valence-corrected chi connectivity index (χ0v) is 28.4. The Morgan fingerprint density at radius 3 is 2.64 bits per heavy atom. The molecule has 1 aliphatic rings. The molecule has 0 saturated carbocycles. The highest BCUT2D eigenvalue weighted by Crippen LogP contribution is 2.38. The predicted octanol–water partition coefficient (Wildman–Crippen LogP) is 5.02. The molecule has 240 valence electrons. The molecule has 12 nitrogen and oxygen atoms in total. The summed E-state index contributed by atoms with van der Waals surface area (Å²) in [5.41, 5.74) is 3.77. The number of esters is 2. The second-order valence-electron chi connectivity index (χ2n) is 11.2. The van der Waals surface area contributed by atoms with E-state index in [1.54, 1.807) is 54.0 Å². The first-order valence-electron chi connectivity index (χ1n) is 13.6. The number of aryl methyl sites for hydroxylation is 1. The SMILES string of the molecule is CN(SN(N)N)c1ccc(Cl)cc1-c1cc2n(c(=O)c1)[C@H](c1ncc(-c3csc(C(=O)OCOC(=O)C(C)(C)C)c3)[nH]1)CC2.S. The number of nitrogens with two attached hydrogens (primary N) is 2.